The van der Waals surface area contributed by atoms with Crippen LogP contribution >= 0.6 is 24.2 Å². The Bertz CT molecular complexity index is 338. The molecule has 1 nitrogen and oxygen atoms in total. The van der Waals surface area contributed by atoms with Crippen molar-refractivity contribution >= 4 is 29.5 Å². The lowest BCUT2D eigenvalue weighted by atomic mass is 10.1. The van der Waals surface area contributed by atoms with Crippen molar-refractivity contribution in [1.82, 2.24) is 0 Å². The molecule has 0 N–H and O–H groups in total. The summed E-state index contributed by atoms with van der Waals surface area (Å²) in [5.74, 6) is -0.470. The van der Waals surface area contributed by atoms with Gasteiger partial charge in [-0.1, -0.05) is 0 Å². The van der Waals surface area contributed by atoms with Crippen LogP contribution in [0.4, 0.5) is 4.39 Å². The van der Waals surface area contributed by atoms with Crippen LogP contribution in [-0.4, -0.2) is 5.24 Å². The predicted octanol–water partition coefficient (Wildman–Crippen LogP) is 3.20. The highest BCUT2D eigenvalue weighted by atomic mass is 35.5. The lowest BCUT2D eigenvalue weighted by Gasteiger charge is -2.05. The molecule has 1 aromatic rings. The van der Waals surface area contributed by atoms with Gasteiger partial charge < -0.3 is 0 Å². The number of thiol groups is 1. The number of carbonyl (C=O) groups excluding carboxylic acids is 1. The Hall–Kier alpha value is -0.540. The van der Waals surface area contributed by atoms with E-state index in [1.165, 1.54) is 12.1 Å². The fraction of sp³-hybridized carbons (Fsp3) is 0.222. The molecule has 0 aliphatic carbocycles. The molecule has 0 amide bonds. The number of carbonyl (C=O) groups is 1. The largest absolute Gasteiger partial charge is 0.276 e. The molecule has 70 valence electrons. The van der Waals surface area contributed by atoms with Gasteiger partial charge in [0, 0.05) is 10.8 Å². The Balaban J connectivity index is 3.19. The third-order valence-electron chi connectivity index (χ3n) is 1.63. The van der Waals surface area contributed by atoms with Gasteiger partial charge in [-0.3, -0.25) is 4.79 Å². The van der Waals surface area contributed by atoms with E-state index in [1.807, 2.05) is 0 Å². The summed E-state index contributed by atoms with van der Waals surface area (Å²) >= 11 is 9.35. The first kappa shape index (κ1) is 10.5. The van der Waals surface area contributed by atoms with E-state index in [4.69, 9.17) is 11.6 Å². The van der Waals surface area contributed by atoms with Gasteiger partial charge in [-0.15, -0.1) is 0 Å². The molecule has 0 aliphatic heterocycles. The zero-order valence-corrected chi connectivity index (χ0v) is 8.57. The predicted molar refractivity (Wildman–Crippen MR) is 54.0 cm³/mol. The maximum atomic E-state index is 12.9. The Labute approximate surface area is 86.3 Å². The van der Waals surface area contributed by atoms with E-state index in [1.54, 1.807) is 6.92 Å². The molecule has 0 aromatic heterocycles. The van der Waals surface area contributed by atoms with Gasteiger partial charge in [0.15, 0.2) is 0 Å². The van der Waals surface area contributed by atoms with Gasteiger partial charge in [0.25, 0.3) is 5.24 Å². The number of benzene rings is 1. The van der Waals surface area contributed by atoms with Crippen LogP contribution in [0.1, 0.15) is 28.1 Å². The number of hydrogen-bond donors (Lipinski definition) is 1. The molecule has 0 radical (unpaired) electrons. The first-order chi connectivity index (χ1) is 6.00. The van der Waals surface area contributed by atoms with Gasteiger partial charge in [0.05, 0.1) is 0 Å². The highest BCUT2D eigenvalue weighted by molar-refractivity contribution is 7.80. The van der Waals surface area contributed by atoms with Crippen molar-refractivity contribution in [3.63, 3.8) is 0 Å². The second-order valence-corrected chi connectivity index (χ2v) is 3.84. The molecule has 1 aromatic carbocycles. The van der Waals surface area contributed by atoms with Crippen molar-refractivity contribution in [1.29, 1.82) is 0 Å². The Kier molecular flexibility index (Phi) is 3.33. The molecule has 0 aliphatic rings. The summed E-state index contributed by atoms with van der Waals surface area (Å²) in [5.41, 5.74) is 0.810. The highest BCUT2D eigenvalue weighted by Crippen LogP contribution is 2.21. The number of rotatable bonds is 2. The van der Waals surface area contributed by atoms with Gasteiger partial charge in [0.1, 0.15) is 5.82 Å². The first-order valence-electron chi connectivity index (χ1n) is 3.69. The topological polar surface area (TPSA) is 17.1 Å². The van der Waals surface area contributed by atoms with E-state index in [9.17, 15) is 9.18 Å². The fourth-order valence-corrected chi connectivity index (χ4v) is 1.23. The molecule has 1 rings (SSSR count). The molecule has 0 heterocycles. The monoisotopic (exact) mass is 218 g/mol. The smallest absolute Gasteiger partial charge is 0.252 e. The highest BCUT2D eigenvalue weighted by Gasteiger charge is 2.08. The summed E-state index contributed by atoms with van der Waals surface area (Å²) in [6, 6.07) is 3.98. The summed E-state index contributed by atoms with van der Waals surface area (Å²) in [4.78, 5) is 10.7. The SMILES string of the molecule is CC(S)c1cc(F)cc(C(=O)Cl)c1. The zero-order valence-electron chi connectivity index (χ0n) is 6.92. The molecule has 0 spiro atoms. The third-order valence-corrected chi connectivity index (χ3v) is 2.15. The van der Waals surface area contributed by atoms with Crippen molar-refractivity contribution in [3.8, 4) is 0 Å². The Morgan fingerprint density at radius 3 is 2.62 bits per heavy atom. The van der Waals surface area contributed by atoms with Gasteiger partial charge in [-0.25, -0.2) is 4.39 Å². The normalized spacial score (nSPS) is 12.6. The minimum atomic E-state index is -0.658. The van der Waals surface area contributed by atoms with E-state index in [0.717, 1.165) is 6.07 Å². The van der Waals surface area contributed by atoms with Crippen LogP contribution in [0.25, 0.3) is 0 Å². The zero-order chi connectivity index (χ0) is 10.0. The second kappa shape index (κ2) is 4.11. The summed E-state index contributed by atoms with van der Waals surface area (Å²) in [6.45, 7) is 1.79. The molecule has 13 heavy (non-hydrogen) atoms. The van der Waals surface area contributed by atoms with E-state index in [-0.39, 0.29) is 10.8 Å². The van der Waals surface area contributed by atoms with Crippen molar-refractivity contribution in [2.24, 2.45) is 0 Å². The summed E-state index contributed by atoms with van der Waals surface area (Å²) in [5, 5.41) is -0.778. The molecule has 0 saturated heterocycles. The van der Waals surface area contributed by atoms with Crippen molar-refractivity contribution in [2.75, 3.05) is 0 Å². The molecule has 1 atom stereocenters. The van der Waals surface area contributed by atoms with Crippen molar-refractivity contribution in [2.45, 2.75) is 12.2 Å². The van der Waals surface area contributed by atoms with E-state index < -0.39 is 11.1 Å². The molecule has 0 saturated carbocycles. The van der Waals surface area contributed by atoms with Gasteiger partial charge in [-0.05, 0) is 42.3 Å². The minimum Gasteiger partial charge on any atom is -0.276 e. The molecule has 0 fully saturated rings. The van der Waals surface area contributed by atoms with E-state index in [2.05, 4.69) is 12.6 Å². The molecule has 1 unspecified atom stereocenters. The van der Waals surface area contributed by atoms with Crippen LogP contribution in [0.5, 0.6) is 0 Å². The van der Waals surface area contributed by atoms with Crippen LogP contribution in [0, 0.1) is 5.82 Å². The average molecular weight is 219 g/mol. The third kappa shape index (κ3) is 2.71. The standard InChI is InChI=1S/C9H8ClFOS/c1-5(13)6-2-7(9(10)12)4-8(11)3-6/h2-5,13H,1H3. The Morgan fingerprint density at radius 2 is 2.15 bits per heavy atom. The van der Waals surface area contributed by atoms with Gasteiger partial charge >= 0.3 is 0 Å². The first-order valence-corrected chi connectivity index (χ1v) is 4.58. The quantitative estimate of drug-likeness (QED) is 0.596. The Morgan fingerprint density at radius 1 is 1.54 bits per heavy atom. The maximum Gasteiger partial charge on any atom is 0.252 e. The van der Waals surface area contributed by atoms with Crippen LogP contribution in [0.15, 0.2) is 18.2 Å². The average Bonchev–Trinajstić information content (AvgIpc) is 2.03. The summed E-state index contributed by atoms with van der Waals surface area (Å²) in [7, 11) is 0. The van der Waals surface area contributed by atoms with Gasteiger partial charge in [0.2, 0.25) is 0 Å². The van der Waals surface area contributed by atoms with Crippen LogP contribution in [0.3, 0.4) is 0 Å². The lowest BCUT2D eigenvalue weighted by molar-refractivity contribution is 0.108. The molecule has 0 bridgehead atoms. The molecular weight excluding hydrogens is 211 g/mol. The van der Waals surface area contributed by atoms with Crippen LogP contribution < -0.4 is 0 Å². The lowest BCUT2D eigenvalue weighted by Crippen LogP contribution is -1.94. The summed E-state index contributed by atoms with van der Waals surface area (Å²) < 4.78 is 12.9. The number of halogens is 2. The minimum absolute atomic E-state index is 0.120. The second-order valence-electron chi connectivity index (χ2n) is 2.72. The van der Waals surface area contributed by atoms with E-state index >= 15 is 0 Å². The molecule has 4 heteroatoms. The van der Waals surface area contributed by atoms with Crippen molar-refractivity contribution in [3.05, 3.63) is 35.1 Å². The number of hydrogen-bond acceptors (Lipinski definition) is 2. The van der Waals surface area contributed by atoms with E-state index in [0.29, 0.717) is 5.56 Å². The van der Waals surface area contributed by atoms with Crippen LogP contribution in [0.2, 0.25) is 0 Å². The maximum absolute atomic E-state index is 12.9. The fourth-order valence-electron chi connectivity index (χ4n) is 0.967. The van der Waals surface area contributed by atoms with Crippen molar-refractivity contribution < 1.29 is 9.18 Å². The van der Waals surface area contributed by atoms with Gasteiger partial charge in [-0.2, -0.15) is 12.6 Å². The molecular formula is C9H8ClFOS. The van der Waals surface area contributed by atoms with Crippen LogP contribution in [-0.2, 0) is 0 Å². The summed E-state index contributed by atoms with van der Waals surface area (Å²) in [6.07, 6.45) is 0.